The van der Waals surface area contributed by atoms with Crippen LogP contribution in [0.1, 0.15) is 0 Å². The molecule has 88 valence electrons. The molecule has 1 aromatic carbocycles. The lowest BCUT2D eigenvalue weighted by atomic mass is 10.2. The quantitative estimate of drug-likeness (QED) is 0.905. The van der Waals surface area contributed by atoms with Crippen molar-refractivity contribution in [2.75, 3.05) is 12.4 Å². The highest BCUT2D eigenvalue weighted by molar-refractivity contribution is 7.14. The summed E-state index contributed by atoms with van der Waals surface area (Å²) in [7, 11) is 1.31. The first-order valence-electron chi connectivity index (χ1n) is 4.75. The Kier molecular flexibility index (Phi) is 3.61. The minimum absolute atomic E-state index is 0.502. The Labute approximate surface area is 107 Å². The highest BCUT2D eigenvalue weighted by Crippen LogP contribution is 2.25. The number of methoxy groups -OCH3 is 1. The molecule has 0 fully saturated rings. The number of aromatic nitrogens is 1. The van der Waals surface area contributed by atoms with E-state index in [4.69, 9.17) is 11.6 Å². The summed E-state index contributed by atoms with van der Waals surface area (Å²) in [6.45, 7) is 0. The summed E-state index contributed by atoms with van der Waals surface area (Å²) in [6.07, 6.45) is -0.526. The molecule has 0 aliphatic rings. The average molecular weight is 269 g/mol. The van der Waals surface area contributed by atoms with E-state index in [1.165, 1.54) is 18.4 Å². The highest BCUT2D eigenvalue weighted by Gasteiger charge is 2.07. The van der Waals surface area contributed by atoms with Gasteiger partial charge in [-0.2, -0.15) is 0 Å². The molecular weight excluding hydrogens is 260 g/mol. The van der Waals surface area contributed by atoms with Crippen molar-refractivity contribution in [3.63, 3.8) is 0 Å². The lowest BCUT2D eigenvalue weighted by Gasteiger charge is -1.98. The van der Waals surface area contributed by atoms with Crippen LogP contribution in [-0.2, 0) is 4.74 Å². The van der Waals surface area contributed by atoms with Crippen LogP contribution < -0.4 is 5.32 Å². The van der Waals surface area contributed by atoms with Crippen LogP contribution in [0.4, 0.5) is 9.93 Å². The van der Waals surface area contributed by atoms with Gasteiger partial charge in [0.2, 0.25) is 0 Å². The molecule has 2 rings (SSSR count). The minimum Gasteiger partial charge on any atom is -0.453 e. The van der Waals surface area contributed by atoms with Gasteiger partial charge in [0.1, 0.15) is 0 Å². The van der Waals surface area contributed by atoms with Crippen molar-refractivity contribution in [2.24, 2.45) is 0 Å². The van der Waals surface area contributed by atoms with Crippen LogP contribution in [0.5, 0.6) is 0 Å². The van der Waals surface area contributed by atoms with E-state index in [0.29, 0.717) is 10.2 Å². The Bertz CT molecular complexity index is 525. The van der Waals surface area contributed by atoms with Gasteiger partial charge in [0.15, 0.2) is 5.13 Å². The molecular formula is C11H9ClN2O2S. The topological polar surface area (TPSA) is 51.2 Å². The summed E-state index contributed by atoms with van der Waals surface area (Å²) in [4.78, 5) is 15.2. The smallest absolute Gasteiger partial charge is 0.413 e. The first-order valence-corrected chi connectivity index (χ1v) is 6.01. The summed E-state index contributed by atoms with van der Waals surface area (Å²) in [5, 5.41) is 5.55. The van der Waals surface area contributed by atoms with Gasteiger partial charge in [-0.25, -0.2) is 9.78 Å². The summed E-state index contributed by atoms with van der Waals surface area (Å²) in [5.74, 6) is 0. The molecule has 17 heavy (non-hydrogen) atoms. The van der Waals surface area contributed by atoms with Crippen LogP contribution in [0, 0.1) is 0 Å². The molecule has 0 atom stereocenters. The van der Waals surface area contributed by atoms with E-state index in [1.54, 1.807) is 12.1 Å². The largest absolute Gasteiger partial charge is 0.453 e. The van der Waals surface area contributed by atoms with Crippen LogP contribution in [0.15, 0.2) is 29.6 Å². The summed E-state index contributed by atoms with van der Waals surface area (Å²) >= 11 is 7.14. The third kappa shape index (κ3) is 2.95. The van der Waals surface area contributed by atoms with Crippen molar-refractivity contribution in [3.8, 4) is 11.3 Å². The third-order valence-corrected chi connectivity index (χ3v) is 3.05. The van der Waals surface area contributed by atoms with Crippen molar-refractivity contribution in [3.05, 3.63) is 34.7 Å². The van der Waals surface area contributed by atoms with E-state index in [1.807, 2.05) is 17.5 Å². The number of benzene rings is 1. The first kappa shape index (κ1) is 11.9. The van der Waals surface area contributed by atoms with Crippen molar-refractivity contribution in [1.82, 2.24) is 4.98 Å². The Morgan fingerprint density at radius 1 is 1.41 bits per heavy atom. The number of ether oxygens (including phenoxy) is 1. The molecule has 0 saturated carbocycles. The van der Waals surface area contributed by atoms with Crippen LogP contribution >= 0.6 is 22.9 Å². The highest BCUT2D eigenvalue weighted by atomic mass is 35.5. The fraction of sp³-hybridized carbons (Fsp3) is 0.0909. The summed E-state index contributed by atoms with van der Waals surface area (Å²) < 4.78 is 4.48. The van der Waals surface area contributed by atoms with E-state index in [-0.39, 0.29) is 0 Å². The van der Waals surface area contributed by atoms with E-state index >= 15 is 0 Å². The number of amides is 1. The lowest BCUT2D eigenvalue weighted by Crippen LogP contribution is -2.10. The molecule has 0 aliphatic heterocycles. The fourth-order valence-electron chi connectivity index (χ4n) is 1.22. The molecule has 0 aliphatic carbocycles. The Hall–Kier alpha value is -1.59. The summed E-state index contributed by atoms with van der Waals surface area (Å²) in [5.41, 5.74) is 1.74. The van der Waals surface area contributed by atoms with Gasteiger partial charge in [0.05, 0.1) is 12.8 Å². The molecule has 1 amide bonds. The fourth-order valence-corrected chi connectivity index (χ4v) is 2.05. The molecule has 0 bridgehead atoms. The monoisotopic (exact) mass is 268 g/mol. The molecule has 6 heteroatoms. The first-order chi connectivity index (χ1) is 8.19. The maximum absolute atomic E-state index is 11.0. The minimum atomic E-state index is -0.526. The van der Waals surface area contributed by atoms with Gasteiger partial charge < -0.3 is 4.74 Å². The number of carbonyl (C=O) groups excluding carboxylic acids is 1. The lowest BCUT2D eigenvalue weighted by molar-refractivity contribution is 0.187. The molecule has 4 nitrogen and oxygen atoms in total. The molecule has 1 heterocycles. The average Bonchev–Trinajstić information content (AvgIpc) is 2.78. The van der Waals surface area contributed by atoms with Gasteiger partial charge in [-0.15, -0.1) is 11.3 Å². The van der Waals surface area contributed by atoms with E-state index in [2.05, 4.69) is 15.0 Å². The number of carbonyl (C=O) groups is 1. The van der Waals surface area contributed by atoms with Crippen molar-refractivity contribution < 1.29 is 9.53 Å². The number of nitrogens with zero attached hydrogens (tertiary/aromatic N) is 1. The second kappa shape index (κ2) is 5.16. The number of thiazole rings is 1. The zero-order valence-electron chi connectivity index (χ0n) is 8.94. The Morgan fingerprint density at radius 2 is 2.12 bits per heavy atom. The third-order valence-electron chi connectivity index (χ3n) is 2.04. The van der Waals surface area contributed by atoms with Crippen molar-refractivity contribution in [2.45, 2.75) is 0 Å². The maximum Gasteiger partial charge on any atom is 0.413 e. The number of hydrogen-bond acceptors (Lipinski definition) is 4. The second-order valence-electron chi connectivity index (χ2n) is 3.16. The second-order valence-corrected chi connectivity index (χ2v) is 4.46. The van der Waals surface area contributed by atoms with Gasteiger partial charge in [-0.05, 0) is 12.1 Å². The molecule has 1 aromatic heterocycles. The molecule has 0 unspecified atom stereocenters. The Balaban J connectivity index is 2.18. The predicted octanol–water partition coefficient (Wildman–Crippen LogP) is 3.64. The van der Waals surface area contributed by atoms with Gasteiger partial charge in [-0.1, -0.05) is 23.7 Å². The van der Waals surface area contributed by atoms with Gasteiger partial charge in [0.25, 0.3) is 0 Å². The number of nitrogens with one attached hydrogen (secondary N) is 1. The predicted molar refractivity (Wildman–Crippen MR) is 68.6 cm³/mol. The number of rotatable bonds is 2. The summed E-state index contributed by atoms with van der Waals surface area (Å²) in [6, 6.07) is 7.34. The van der Waals surface area contributed by atoms with Crippen LogP contribution in [0.25, 0.3) is 11.3 Å². The van der Waals surface area contributed by atoms with Crippen molar-refractivity contribution >= 4 is 34.2 Å². The van der Waals surface area contributed by atoms with Crippen molar-refractivity contribution in [1.29, 1.82) is 0 Å². The number of anilines is 1. The Morgan fingerprint density at radius 3 is 2.76 bits per heavy atom. The zero-order valence-corrected chi connectivity index (χ0v) is 10.5. The van der Waals surface area contributed by atoms with Crippen LogP contribution in [0.3, 0.4) is 0 Å². The van der Waals surface area contributed by atoms with Crippen LogP contribution in [0.2, 0.25) is 5.02 Å². The van der Waals surface area contributed by atoms with E-state index < -0.39 is 6.09 Å². The van der Waals surface area contributed by atoms with Gasteiger partial charge in [-0.3, -0.25) is 5.32 Å². The zero-order chi connectivity index (χ0) is 12.3. The molecule has 0 spiro atoms. The number of hydrogen-bond donors (Lipinski definition) is 1. The maximum atomic E-state index is 11.0. The standard InChI is InChI=1S/C11H9ClN2O2S/c1-16-11(15)14-10-13-9(6-17-10)7-2-4-8(12)5-3-7/h2-6H,1H3,(H,13,14,15). The number of halogens is 1. The van der Waals surface area contributed by atoms with Crippen LogP contribution in [-0.4, -0.2) is 18.2 Å². The molecule has 0 radical (unpaired) electrons. The molecule has 1 N–H and O–H groups in total. The van der Waals surface area contributed by atoms with Gasteiger partial charge in [0, 0.05) is 16.0 Å². The molecule has 0 saturated heterocycles. The SMILES string of the molecule is COC(=O)Nc1nc(-c2ccc(Cl)cc2)cs1. The molecule has 2 aromatic rings. The normalized spacial score (nSPS) is 10.0. The van der Waals surface area contributed by atoms with E-state index in [9.17, 15) is 4.79 Å². The van der Waals surface area contributed by atoms with Gasteiger partial charge >= 0.3 is 6.09 Å². The van der Waals surface area contributed by atoms with E-state index in [0.717, 1.165) is 11.3 Å².